The molecule has 0 fully saturated rings. The fraction of sp³-hybridized carbons (Fsp3) is 0.444. The topological polar surface area (TPSA) is 0 Å². The molecular weight excluding hydrogens is 432 g/mol. The van der Waals surface area contributed by atoms with Gasteiger partial charge in [0.15, 0.2) is 0 Å². The molecule has 0 unspecified atom stereocenters. The molecule has 4 aromatic rings. The van der Waals surface area contributed by atoms with Gasteiger partial charge in [-0.3, -0.25) is 0 Å². The van der Waals surface area contributed by atoms with E-state index < -0.39 is 0 Å². The number of hydrogen-bond acceptors (Lipinski definition) is 0. The molecule has 0 spiro atoms. The first-order valence-electron chi connectivity index (χ1n) is 13.5. The average Bonchev–Trinajstić information content (AvgIpc) is 2.73. The molecule has 190 valence electrons. The maximum absolute atomic E-state index is 2.46. The third-order valence-electron chi connectivity index (χ3n) is 7.64. The molecule has 0 amide bonds. The number of rotatable bonds is 1. The lowest BCUT2D eigenvalue weighted by Crippen LogP contribution is -2.16. The molecule has 0 atom stereocenters. The molecular formula is C36H46. The van der Waals surface area contributed by atoms with Crippen molar-refractivity contribution in [1.29, 1.82) is 0 Å². The van der Waals surface area contributed by atoms with E-state index >= 15 is 0 Å². The molecule has 0 radical (unpaired) electrons. The van der Waals surface area contributed by atoms with Gasteiger partial charge in [-0.05, 0) is 94.8 Å². The minimum absolute atomic E-state index is 0.0730. The predicted octanol–water partition coefficient (Wildman–Crippen LogP) is 10.8. The minimum atomic E-state index is 0.0730. The van der Waals surface area contributed by atoms with Gasteiger partial charge in [-0.25, -0.2) is 0 Å². The SMILES string of the molecule is CC(C)(C)c1cc(-c2c3cc(C(C)(C)C)ccc3cc3ccc(C(C)(C)C)cc23)cc(C(C)(C)C)c1. The summed E-state index contributed by atoms with van der Waals surface area (Å²) in [5.41, 5.74) is 8.60. The molecule has 0 bridgehead atoms. The average molecular weight is 479 g/mol. The lowest BCUT2D eigenvalue weighted by atomic mass is 9.77. The molecule has 4 rings (SSSR count). The monoisotopic (exact) mass is 478 g/mol. The van der Waals surface area contributed by atoms with Gasteiger partial charge in [0.25, 0.3) is 0 Å². The van der Waals surface area contributed by atoms with E-state index in [0.717, 1.165) is 0 Å². The number of hydrogen-bond donors (Lipinski definition) is 0. The van der Waals surface area contributed by atoms with Gasteiger partial charge >= 0.3 is 0 Å². The van der Waals surface area contributed by atoms with Crippen LogP contribution in [0.1, 0.15) is 105 Å². The quantitative estimate of drug-likeness (QED) is 0.239. The molecule has 0 aliphatic rings. The van der Waals surface area contributed by atoms with Crippen LogP contribution in [0.25, 0.3) is 32.7 Å². The zero-order valence-corrected chi connectivity index (χ0v) is 24.8. The van der Waals surface area contributed by atoms with Crippen LogP contribution in [0.15, 0.2) is 60.7 Å². The summed E-state index contributed by atoms with van der Waals surface area (Å²) < 4.78 is 0. The van der Waals surface area contributed by atoms with Gasteiger partial charge in [-0.15, -0.1) is 0 Å². The van der Waals surface area contributed by atoms with Crippen molar-refractivity contribution < 1.29 is 0 Å². The van der Waals surface area contributed by atoms with Crippen molar-refractivity contribution in [3.63, 3.8) is 0 Å². The van der Waals surface area contributed by atoms with Crippen LogP contribution in [-0.2, 0) is 21.7 Å². The van der Waals surface area contributed by atoms with Crippen LogP contribution in [0.2, 0.25) is 0 Å². The maximum atomic E-state index is 2.46. The van der Waals surface area contributed by atoms with Gasteiger partial charge in [-0.1, -0.05) is 126 Å². The Morgan fingerprint density at radius 1 is 0.361 bits per heavy atom. The molecule has 0 saturated carbocycles. The van der Waals surface area contributed by atoms with Gasteiger partial charge in [-0.2, -0.15) is 0 Å². The summed E-state index contributed by atoms with van der Waals surface area (Å²) in [6.07, 6.45) is 0. The van der Waals surface area contributed by atoms with E-state index in [1.54, 1.807) is 0 Å². The lowest BCUT2D eigenvalue weighted by molar-refractivity contribution is 0.569. The van der Waals surface area contributed by atoms with Crippen molar-refractivity contribution in [3.05, 3.63) is 82.9 Å². The van der Waals surface area contributed by atoms with Gasteiger partial charge in [0.05, 0.1) is 0 Å². The Morgan fingerprint density at radius 3 is 1.06 bits per heavy atom. The highest BCUT2D eigenvalue weighted by Crippen LogP contribution is 2.42. The van der Waals surface area contributed by atoms with Crippen molar-refractivity contribution in [1.82, 2.24) is 0 Å². The highest BCUT2D eigenvalue weighted by molar-refractivity contribution is 6.13. The third-order valence-corrected chi connectivity index (χ3v) is 7.64. The first-order valence-corrected chi connectivity index (χ1v) is 13.5. The van der Waals surface area contributed by atoms with Gasteiger partial charge in [0, 0.05) is 0 Å². The summed E-state index contributed by atoms with van der Waals surface area (Å²) in [7, 11) is 0. The highest BCUT2D eigenvalue weighted by Gasteiger charge is 2.24. The number of fused-ring (bicyclic) bond motifs is 2. The Kier molecular flexibility index (Phi) is 6.23. The van der Waals surface area contributed by atoms with Crippen LogP contribution < -0.4 is 0 Å². The Hall–Kier alpha value is -2.60. The fourth-order valence-corrected chi connectivity index (χ4v) is 4.99. The minimum Gasteiger partial charge on any atom is -0.0579 e. The molecule has 0 heterocycles. The molecule has 36 heavy (non-hydrogen) atoms. The van der Waals surface area contributed by atoms with Crippen molar-refractivity contribution in [3.8, 4) is 11.1 Å². The van der Waals surface area contributed by atoms with E-state index in [0.29, 0.717) is 0 Å². The Morgan fingerprint density at radius 2 is 0.722 bits per heavy atom. The van der Waals surface area contributed by atoms with Crippen molar-refractivity contribution in [2.24, 2.45) is 0 Å². The first-order chi connectivity index (χ1) is 16.4. The molecule has 0 heteroatoms. The third kappa shape index (κ3) is 5.10. The molecule has 0 aliphatic heterocycles. The van der Waals surface area contributed by atoms with Crippen LogP contribution >= 0.6 is 0 Å². The van der Waals surface area contributed by atoms with E-state index in [4.69, 9.17) is 0 Å². The Bertz CT molecular complexity index is 1330. The van der Waals surface area contributed by atoms with Gasteiger partial charge < -0.3 is 0 Å². The lowest BCUT2D eigenvalue weighted by Gasteiger charge is -2.27. The summed E-state index contributed by atoms with van der Waals surface area (Å²) in [6.45, 7) is 27.8. The molecule has 0 saturated heterocycles. The summed E-state index contributed by atoms with van der Waals surface area (Å²) in [6, 6.07) is 23.9. The zero-order chi connectivity index (χ0) is 26.8. The smallest absolute Gasteiger partial charge is 0.00264 e. The first kappa shape index (κ1) is 26.5. The van der Waals surface area contributed by atoms with Crippen LogP contribution in [0, 0.1) is 0 Å². The fourth-order valence-electron chi connectivity index (χ4n) is 4.99. The summed E-state index contributed by atoms with van der Waals surface area (Å²) in [5.74, 6) is 0. The van der Waals surface area contributed by atoms with E-state index in [9.17, 15) is 0 Å². The summed E-state index contributed by atoms with van der Waals surface area (Å²) >= 11 is 0. The highest BCUT2D eigenvalue weighted by atomic mass is 14.3. The molecule has 0 aliphatic carbocycles. The molecule has 0 aromatic heterocycles. The maximum Gasteiger partial charge on any atom is -0.00264 e. The van der Waals surface area contributed by atoms with Gasteiger partial charge in [0.2, 0.25) is 0 Å². The van der Waals surface area contributed by atoms with Crippen molar-refractivity contribution in [2.45, 2.75) is 105 Å². The predicted molar refractivity (Wildman–Crippen MR) is 162 cm³/mol. The number of benzene rings is 4. The summed E-state index contributed by atoms with van der Waals surface area (Å²) in [4.78, 5) is 0. The molecule has 4 aromatic carbocycles. The second-order valence-corrected chi connectivity index (χ2v) is 14.9. The van der Waals surface area contributed by atoms with Crippen LogP contribution in [0.3, 0.4) is 0 Å². The van der Waals surface area contributed by atoms with E-state index in [2.05, 4.69) is 144 Å². The van der Waals surface area contributed by atoms with Crippen LogP contribution in [0.4, 0.5) is 0 Å². The normalized spacial score (nSPS) is 13.6. The van der Waals surface area contributed by atoms with Crippen molar-refractivity contribution >= 4 is 21.5 Å². The van der Waals surface area contributed by atoms with Crippen LogP contribution in [0.5, 0.6) is 0 Å². The zero-order valence-electron chi connectivity index (χ0n) is 24.8. The summed E-state index contributed by atoms with van der Waals surface area (Å²) in [5, 5.41) is 5.33. The van der Waals surface area contributed by atoms with E-state index in [-0.39, 0.29) is 21.7 Å². The van der Waals surface area contributed by atoms with Gasteiger partial charge in [0.1, 0.15) is 0 Å². The Balaban J connectivity index is 2.22. The second-order valence-electron chi connectivity index (χ2n) is 14.9. The Labute approximate surface area is 220 Å². The largest absolute Gasteiger partial charge is 0.0579 e. The second kappa shape index (κ2) is 8.47. The van der Waals surface area contributed by atoms with E-state index in [1.807, 2.05) is 0 Å². The van der Waals surface area contributed by atoms with E-state index in [1.165, 1.54) is 54.9 Å². The molecule has 0 nitrogen and oxygen atoms in total. The van der Waals surface area contributed by atoms with Crippen LogP contribution in [-0.4, -0.2) is 0 Å². The van der Waals surface area contributed by atoms with Crippen molar-refractivity contribution in [2.75, 3.05) is 0 Å². The standard InChI is InChI=1S/C36H46/c1-33(2,3)26-15-13-23-17-24-14-16-27(34(4,5)6)22-31(24)32(30(23)21-26)25-18-28(35(7,8)9)20-29(19-25)36(10,11)12/h13-22H,1-12H3. The molecule has 0 N–H and O–H groups in total.